The van der Waals surface area contributed by atoms with Crippen molar-refractivity contribution in [1.82, 2.24) is 4.98 Å². The van der Waals surface area contributed by atoms with E-state index in [2.05, 4.69) is 29.4 Å². The monoisotopic (exact) mass is 340 g/mol. The first-order valence-corrected chi connectivity index (χ1v) is 7.22. The van der Waals surface area contributed by atoms with Crippen molar-refractivity contribution in [1.29, 1.82) is 0 Å². The maximum atomic E-state index is 11.4. The van der Waals surface area contributed by atoms with Gasteiger partial charge in [-0.1, -0.05) is 0 Å². The Balaban J connectivity index is 3.39. The molecule has 17 heavy (non-hydrogen) atoms. The van der Waals surface area contributed by atoms with Crippen molar-refractivity contribution in [2.24, 2.45) is 0 Å². The third kappa shape index (κ3) is 3.62. The predicted octanol–water partition coefficient (Wildman–Crippen LogP) is 1.11. The minimum absolute atomic E-state index is 0.0592. The van der Waals surface area contributed by atoms with E-state index in [0.717, 1.165) is 0 Å². The van der Waals surface area contributed by atoms with Gasteiger partial charge in [0.2, 0.25) is 0 Å². The van der Waals surface area contributed by atoms with Crippen LogP contribution in [-0.2, 0) is 22.4 Å². The van der Waals surface area contributed by atoms with Gasteiger partial charge in [-0.2, -0.15) is 0 Å². The van der Waals surface area contributed by atoms with E-state index in [1.165, 1.54) is 6.20 Å². The molecule has 93 valence electrons. The molecule has 0 aliphatic heterocycles. The number of allylic oxidation sites excluding steroid dienone is 3. The van der Waals surface area contributed by atoms with Crippen LogP contribution in [0.25, 0.3) is 5.57 Å². The van der Waals surface area contributed by atoms with Crippen LogP contribution in [0.4, 0.5) is 0 Å². The summed E-state index contributed by atoms with van der Waals surface area (Å²) in [5.74, 6) is 0. The van der Waals surface area contributed by atoms with E-state index in [-0.39, 0.29) is 5.30 Å². The molecule has 0 fully saturated rings. The zero-order chi connectivity index (χ0) is 13.1. The Morgan fingerprint density at radius 3 is 2.76 bits per heavy atom. The molecule has 0 radical (unpaired) electrons. The molecule has 1 heterocycles. The molecule has 4 nitrogen and oxygen atoms in total. The molecular weight excluding hydrogens is 328 g/mol. The first-order chi connectivity index (χ1) is 7.88. The molecule has 2 N–H and O–H groups in total. The number of hydrogen-bond acceptors (Lipinski definition) is 2. The molecule has 1 rings (SSSR count). The Labute approximate surface area is 109 Å². The number of nitrogens with zero attached hydrogens (tertiary/aromatic N) is 1. The molecule has 0 saturated carbocycles. The fraction of sp³-hybridized carbons (Fsp3) is 0.0909. The Morgan fingerprint density at radius 2 is 2.24 bits per heavy atom. The molecule has 0 saturated heterocycles. The summed E-state index contributed by atoms with van der Waals surface area (Å²) in [6.45, 7) is 5.35. The summed E-state index contributed by atoms with van der Waals surface area (Å²) in [7, 11) is -4.35. The van der Waals surface area contributed by atoms with Gasteiger partial charge >= 0.3 is 109 Å². The second-order valence-electron chi connectivity index (χ2n) is 3.33. The quantitative estimate of drug-likeness (QED) is 0.490. The van der Waals surface area contributed by atoms with Gasteiger partial charge in [0.1, 0.15) is 0 Å². The Bertz CT molecular complexity index is 534. The second-order valence-corrected chi connectivity index (χ2v) is 5.41. The molecule has 1 aromatic heterocycles. The van der Waals surface area contributed by atoms with Crippen LogP contribution in [0.2, 0.25) is 0 Å². The van der Waals surface area contributed by atoms with Crippen LogP contribution in [0.5, 0.6) is 0 Å². The Hall–Kier alpha value is -0.727. The van der Waals surface area contributed by atoms with Gasteiger partial charge in [-0.25, -0.2) is 0 Å². The third-order valence-electron chi connectivity index (χ3n) is 2.11. The summed E-state index contributed by atoms with van der Waals surface area (Å²) in [5, 5.41) is -0.0592. The summed E-state index contributed by atoms with van der Waals surface area (Å²) in [5.41, 5.74) is 1.27. The van der Waals surface area contributed by atoms with Crippen LogP contribution in [0, 0.1) is 6.92 Å². The van der Waals surface area contributed by atoms with Gasteiger partial charge in [-0.3, -0.25) is 0 Å². The summed E-state index contributed by atoms with van der Waals surface area (Å²) < 4.78 is 13.1. The van der Waals surface area contributed by atoms with Gasteiger partial charge in [0.05, 0.1) is 0 Å². The first kappa shape index (κ1) is 14.3. The average molecular weight is 340 g/mol. The summed E-state index contributed by atoms with van der Waals surface area (Å²) in [4.78, 5) is 22.5. The zero-order valence-electron chi connectivity index (χ0n) is 9.12. The molecule has 0 amide bonds. The molecule has 0 aromatic carbocycles. The van der Waals surface area contributed by atoms with Crippen LogP contribution < -0.4 is 5.30 Å². The third-order valence-corrected chi connectivity index (χ3v) is 3.57. The van der Waals surface area contributed by atoms with E-state index >= 15 is 0 Å². The number of rotatable bonds is 4. The molecule has 0 aliphatic rings. The molecule has 0 spiro atoms. The SMILES string of the molecule is C=C(/C=C\[CH]=[Rh])c1ccnc(C)c1P(=O)(O)O. The fourth-order valence-electron chi connectivity index (χ4n) is 1.42. The zero-order valence-corrected chi connectivity index (χ0v) is 11.7. The first-order valence-electron chi connectivity index (χ1n) is 4.66. The molecule has 0 unspecified atom stereocenters. The summed E-state index contributed by atoms with van der Waals surface area (Å²) in [6.07, 6.45) is 4.90. The van der Waals surface area contributed by atoms with Crippen molar-refractivity contribution in [2.45, 2.75) is 6.92 Å². The van der Waals surface area contributed by atoms with Crippen molar-refractivity contribution in [3.63, 3.8) is 0 Å². The topological polar surface area (TPSA) is 70.4 Å². The Kier molecular flexibility index (Phi) is 4.84. The predicted molar refractivity (Wildman–Crippen MR) is 64.9 cm³/mol. The molecule has 0 aliphatic carbocycles. The number of aryl methyl sites for hydroxylation is 1. The van der Waals surface area contributed by atoms with E-state index in [9.17, 15) is 14.4 Å². The number of aromatic nitrogens is 1. The van der Waals surface area contributed by atoms with Crippen molar-refractivity contribution < 1.29 is 32.2 Å². The van der Waals surface area contributed by atoms with Crippen LogP contribution in [-0.4, -0.2) is 19.4 Å². The van der Waals surface area contributed by atoms with Crippen molar-refractivity contribution in [3.05, 3.63) is 42.3 Å². The molecule has 1 aromatic rings. The summed E-state index contributed by atoms with van der Waals surface area (Å²) in [6, 6.07) is 1.55. The van der Waals surface area contributed by atoms with E-state index < -0.39 is 7.60 Å². The van der Waals surface area contributed by atoms with Crippen molar-refractivity contribution in [3.8, 4) is 0 Å². The van der Waals surface area contributed by atoms with E-state index in [0.29, 0.717) is 16.8 Å². The average Bonchev–Trinajstić information content (AvgIpc) is 2.23. The molecular formula is C11H12NO3PRh. The fourth-order valence-corrected chi connectivity index (χ4v) is 2.59. The number of hydrogen-bond donors (Lipinski definition) is 2. The molecule has 6 heteroatoms. The maximum absolute atomic E-state index is 11.4. The number of pyridine rings is 1. The van der Waals surface area contributed by atoms with Crippen LogP contribution >= 0.6 is 7.60 Å². The minimum atomic E-state index is -4.35. The van der Waals surface area contributed by atoms with Gasteiger partial charge in [0.15, 0.2) is 0 Å². The molecule has 0 bridgehead atoms. The van der Waals surface area contributed by atoms with Crippen molar-refractivity contribution in [2.75, 3.05) is 0 Å². The van der Waals surface area contributed by atoms with E-state index in [4.69, 9.17) is 0 Å². The van der Waals surface area contributed by atoms with Gasteiger partial charge < -0.3 is 0 Å². The van der Waals surface area contributed by atoms with Gasteiger partial charge in [0.25, 0.3) is 0 Å². The summed E-state index contributed by atoms with van der Waals surface area (Å²) >= 11 is 2.59. The van der Waals surface area contributed by atoms with Gasteiger partial charge in [0, 0.05) is 0 Å². The Morgan fingerprint density at radius 1 is 1.59 bits per heavy atom. The second kappa shape index (κ2) is 5.74. The normalized spacial score (nSPS) is 11.8. The standard InChI is InChI=1S/C11H12NO3P.Rh/c1-4-5-8(2)10-6-7-12-9(3)11(10)16(13,14)15;/h1,4-7H,2H2,3H3,(H2,13,14,15);/b5-4-;. The van der Waals surface area contributed by atoms with E-state index in [1.54, 1.807) is 29.8 Å². The van der Waals surface area contributed by atoms with Gasteiger partial charge in [-0.15, -0.1) is 0 Å². The molecule has 0 atom stereocenters. The van der Waals surface area contributed by atoms with Crippen molar-refractivity contribution >= 4 is 23.1 Å². The van der Waals surface area contributed by atoms with Crippen LogP contribution in [0.3, 0.4) is 0 Å². The van der Waals surface area contributed by atoms with E-state index in [1.807, 2.05) is 0 Å². The van der Waals surface area contributed by atoms with Crippen LogP contribution in [0.1, 0.15) is 11.3 Å². The van der Waals surface area contributed by atoms with Crippen LogP contribution in [0.15, 0.2) is 31.0 Å². The van der Waals surface area contributed by atoms with Gasteiger partial charge in [-0.05, 0) is 0 Å².